The molecule has 0 saturated heterocycles. The standard InChI is InChI=1S/C27H39ClN2O6/c1-16-14-19(34-4)10-6-8-17(2)25(36-27(29)33)23(35-5)11-7-9-18(3)26(32)30-21-12-13-22(31)20(15-16)24(21)28/h8-9,12-13,16,19,23,25,31H,6-7,10-11,14-15H2,1-5H3,(H2,29,33)(H,30,32)/b17-8+,18-9+/t16-,19?,23?,25?/m0/s1. The molecule has 2 rings (SSSR count). The Labute approximate surface area is 218 Å². The van der Waals surface area contributed by atoms with E-state index in [0.29, 0.717) is 47.5 Å². The summed E-state index contributed by atoms with van der Waals surface area (Å²) in [6.45, 7) is 5.67. The SMILES string of the molecule is COC1CC/C=C(\C)C(OC(N)=O)C(OC)CC/C=C(\C)C(=O)Nc2ccc(O)c(c2Cl)C[C@@H](C)C1. The van der Waals surface area contributed by atoms with Gasteiger partial charge in [0.15, 0.2) is 6.10 Å². The van der Waals surface area contributed by atoms with E-state index < -0.39 is 18.3 Å². The van der Waals surface area contributed by atoms with Crippen molar-refractivity contribution in [2.45, 2.75) is 77.6 Å². The first-order chi connectivity index (χ1) is 17.1. The largest absolute Gasteiger partial charge is 0.508 e. The summed E-state index contributed by atoms with van der Waals surface area (Å²) in [7, 11) is 3.24. The van der Waals surface area contributed by atoms with Crippen molar-refractivity contribution in [2.75, 3.05) is 19.5 Å². The Kier molecular flexibility index (Phi) is 11.8. The summed E-state index contributed by atoms with van der Waals surface area (Å²) >= 11 is 6.61. The molecule has 36 heavy (non-hydrogen) atoms. The number of hydrogen-bond acceptors (Lipinski definition) is 6. The van der Waals surface area contributed by atoms with Crippen molar-refractivity contribution in [1.82, 2.24) is 0 Å². The summed E-state index contributed by atoms with van der Waals surface area (Å²) in [4.78, 5) is 24.4. The number of fused-ring (bicyclic) bond motifs is 2. The van der Waals surface area contributed by atoms with Crippen LogP contribution < -0.4 is 11.1 Å². The van der Waals surface area contributed by atoms with Gasteiger partial charge in [-0.2, -0.15) is 0 Å². The monoisotopic (exact) mass is 522 g/mol. The Morgan fingerprint density at radius 3 is 2.47 bits per heavy atom. The molecule has 1 aromatic carbocycles. The van der Waals surface area contributed by atoms with Gasteiger partial charge < -0.3 is 30.4 Å². The molecule has 4 atom stereocenters. The van der Waals surface area contributed by atoms with Gasteiger partial charge in [-0.05, 0) is 76.0 Å². The molecule has 0 spiro atoms. The highest BCUT2D eigenvalue weighted by Gasteiger charge is 2.26. The van der Waals surface area contributed by atoms with Crippen LogP contribution in [0.15, 0.2) is 35.4 Å². The zero-order chi connectivity index (χ0) is 26.8. The maximum absolute atomic E-state index is 12.8. The van der Waals surface area contributed by atoms with E-state index in [4.69, 9.17) is 31.5 Å². The fourth-order valence-corrected chi connectivity index (χ4v) is 4.77. The molecule has 8 nitrogen and oxygen atoms in total. The first-order valence-corrected chi connectivity index (χ1v) is 12.6. The number of carbonyl (C=O) groups excluding carboxylic acids is 2. The highest BCUT2D eigenvalue weighted by atomic mass is 35.5. The highest BCUT2D eigenvalue weighted by Crippen LogP contribution is 2.35. The first-order valence-electron chi connectivity index (χ1n) is 12.2. The molecule has 1 aliphatic rings. The number of phenols is 1. The summed E-state index contributed by atoms with van der Waals surface area (Å²) in [5.41, 5.74) is 7.73. The molecule has 200 valence electrons. The van der Waals surface area contributed by atoms with E-state index in [2.05, 4.69) is 12.2 Å². The van der Waals surface area contributed by atoms with Gasteiger partial charge in [-0.15, -0.1) is 0 Å². The summed E-state index contributed by atoms with van der Waals surface area (Å²) in [5, 5.41) is 13.6. The number of hydrogen-bond donors (Lipinski definition) is 3. The number of methoxy groups -OCH3 is 2. The smallest absolute Gasteiger partial charge is 0.405 e. The topological polar surface area (TPSA) is 120 Å². The van der Waals surface area contributed by atoms with Crippen molar-refractivity contribution in [3.05, 3.63) is 46.0 Å². The van der Waals surface area contributed by atoms with Crippen LogP contribution in [0.5, 0.6) is 5.75 Å². The third-order valence-electron chi connectivity index (χ3n) is 6.57. The first kappa shape index (κ1) is 29.7. The fourth-order valence-electron chi connectivity index (χ4n) is 4.49. The second-order valence-corrected chi connectivity index (χ2v) is 9.78. The number of anilines is 1. The number of nitrogens with two attached hydrogens (primary N) is 1. The van der Waals surface area contributed by atoms with E-state index in [9.17, 15) is 14.7 Å². The predicted molar refractivity (Wildman–Crippen MR) is 141 cm³/mol. The Balaban J connectivity index is 2.40. The number of halogens is 1. The molecule has 2 amide bonds. The number of primary amides is 1. The van der Waals surface area contributed by atoms with Crippen LogP contribution in [0.4, 0.5) is 10.5 Å². The predicted octanol–water partition coefficient (Wildman–Crippen LogP) is 5.51. The number of allylic oxidation sites excluding steroid dienone is 2. The van der Waals surface area contributed by atoms with Crippen LogP contribution in [-0.2, 0) is 25.4 Å². The zero-order valence-electron chi connectivity index (χ0n) is 21.8. The molecule has 1 heterocycles. The molecule has 0 aromatic heterocycles. The quantitative estimate of drug-likeness (QED) is 0.355. The van der Waals surface area contributed by atoms with Crippen LogP contribution in [0.25, 0.3) is 0 Å². The van der Waals surface area contributed by atoms with E-state index >= 15 is 0 Å². The fraction of sp³-hybridized carbons (Fsp3) is 0.556. The minimum absolute atomic E-state index is 0.0180. The number of amides is 2. The van der Waals surface area contributed by atoms with E-state index in [1.807, 2.05) is 13.0 Å². The number of rotatable bonds is 3. The van der Waals surface area contributed by atoms with E-state index in [1.54, 1.807) is 39.4 Å². The minimum Gasteiger partial charge on any atom is -0.508 e. The van der Waals surface area contributed by atoms with Gasteiger partial charge in [-0.1, -0.05) is 30.7 Å². The molecular weight excluding hydrogens is 484 g/mol. The highest BCUT2D eigenvalue weighted by molar-refractivity contribution is 6.35. The number of ether oxygens (including phenoxy) is 3. The van der Waals surface area contributed by atoms with Crippen molar-refractivity contribution in [1.29, 1.82) is 0 Å². The molecule has 1 aliphatic heterocycles. The number of carbonyl (C=O) groups is 2. The molecule has 0 radical (unpaired) electrons. The lowest BCUT2D eigenvalue weighted by atomic mass is 9.92. The summed E-state index contributed by atoms with van der Waals surface area (Å²) in [5.74, 6) is -0.0440. The average Bonchev–Trinajstić information content (AvgIpc) is 2.83. The van der Waals surface area contributed by atoms with E-state index in [1.165, 1.54) is 0 Å². The van der Waals surface area contributed by atoms with Crippen molar-refractivity contribution in [2.24, 2.45) is 11.7 Å². The van der Waals surface area contributed by atoms with Crippen LogP contribution in [-0.4, -0.2) is 49.6 Å². The summed E-state index contributed by atoms with van der Waals surface area (Å²) in [6.07, 6.45) is 5.63. The number of benzene rings is 1. The van der Waals surface area contributed by atoms with E-state index in [-0.39, 0.29) is 23.7 Å². The van der Waals surface area contributed by atoms with Gasteiger partial charge in [0, 0.05) is 25.4 Å². The molecule has 1 aromatic rings. The Morgan fingerprint density at radius 2 is 1.83 bits per heavy atom. The zero-order valence-corrected chi connectivity index (χ0v) is 22.6. The van der Waals surface area contributed by atoms with E-state index in [0.717, 1.165) is 18.4 Å². The maximum Gasteiger partial charge on any atom is 0.405 e. The Bertz CT molecular complexity index is 977. The van der Waals surface area contributed by atoms with Gasteiger partial charge in [0.25, 0.3) is 5.91 Å². The lowest BCUT2D eigenvalue weighted by Crippen LogP contribution is -2.35. The molecule has 2 bridgehead atoms. The molecule has 4 N–H and O–H groups in total. The molecule has 3 unspecified atom stereocenters. The van der Waals surface area contributed by atoms with Crippen molar-refractivity contribution in [3.8, 4) is 5.75 Å². The minimum atomic E-state index is -0.871. The Hall–Kier alpha value is -2.55. The maximum atomic E-state index is 12.8. The van der Waals surface area contributed by atoms with Gasteiger partial charge in [0.05, 0.1) is 22.9 Å². The van der Waals surface area contributed by atoms with Crippen molar-refractivity contribution < 1.29 is 28.9 Å². The Morgan fingerprint density at radius 1 is 1.14 bits per heavy atom. The number of aromatic hydroxyl groups is 1. The number of phenolic OH excluding ortho intramolecular Hbond substituents is 1. The molecule has 0 saturated carbocycles. The lowest BCUT2D eigenvalue weighted by molar-refractivity contribution is -0.112. The van der Waals surface area contributed by atoms with Crippen LogP contribution >= 0.6 is 11.6 Å². The van der Waals surface area contributed by atoms with Crippen molar-refractivity contribution in [3.63, 3.8) is 0 Å². The second kappa shape index (κ2) is 14.3. The van der Waals surface area contributed by atoms with Gasteiger partial charge in [-0.25, -0.2) is 4.79 Å². The van der Waals surface area contributed by atoms with Crippen LogP contribution in [0.2, 0.25) is 5.02 Å². The average molecular weight is 523 g/mol. The lowest BCUT2D eigenvalue weighted by Gasteiger charge is -2.26. The van der Waals surface area contributed by atoms with Gasteiger partial charge >= 0.3 is 6.09 Å². The summed E-state index contributed by atoms with van der Waals surface area (Å²) in [6, 6.07) is 3.15. The third-order valence-corrected chi connectivity index (χ3v) is 7.00. The molecule has 0 fully saturated rings. The summed E-state index contributed by atoms with van der Waals surface area (Å²) < 4.78 is 16.8. The van der Waals surface area contributed by atoms with Crippen molar-refractivity contribution >= 4 is 29.3 Å². The van der Waals surface area contributed by atoms with Gasteiger partial charge in [-0.3, -0.25) is 4.79 Å². The normalized spacial score (nSPS) is 27.8. The van der Waals surface area contributed by atoms with Crippen LogP contribution in [0, 0.1) is 5.92 Å². The van der Waals surface area contributed by atoms with Gasteiger partial charge in [0.1, 0.15) is 5.75 Å². The number of nitrogens with one attached hydrogen (secondary N) is 1. The van der Waals surface area contributed by atoms with Crippen LogP contribution in [0.1, 0.15) is 58.4 Å². The third kappa shape index (κ3) is 8.54. The molecule has 0 aliphatic carbocycles. The second-order valence-electron chi connectivity index (χ2n) is 9.40. The molecular formula is C27H39ClN2O6. The van der Waals surface area contributed by atoms with Crippen LogP contribution in [0.3, 0.4) is 0 Å². The molecule has 9 heteroatoms. The van der Waals surface area contributed by atoms with Gasteiger partial charge in [0.2, 0.25) is 0 Å².